The molecule has 3 N–H and O–H groups in total. The summed E-state index contributed by atoms with van der Waals surface area (Å²) in [5, 5.41) is 11.4. The molecule has 3 heteroatoms. The van der Waals surface area contributed by atoms with Gasteiger partial charge in [0.25, 0.3) is 0 Å². The summed E-state index contributed by atoms with van der Waals surface area (Å²) < 4.78 is 0. The van der Waals surface area contributed by atoms with Crippen LogP contribution in [-0.2, 0) is 0 Å². The standard InChI is InChI=1S/C21H37NOS/c1-19(13-22)7-4-8-20(2)16(19)6-10-21-9-5-14(11-17(20)21)15(12-24-3)18(21)23/h14-18,23H,4-13,22H2,1-3H3/t14-,15+,16-,17+,18-,19+,20-,21+/m1/s1. The van der Waals surface area contributed by atoms with Gasteiger partial charge in [-0.25, -0.2) is 0 Å². The van der Waals surface area contributed by atoms with E-state index in [2.05, 4.69) is 20.1 Å². The molecule has 0 aromatic heterocycles. The molecule has 0 aliphatic heterocycles. The third-order valence-corrected chi connectivity index (χ3v) is 10.2. The number of hydrogen-bond donors (Lipinski definition) is 2. The minimum atomic E-state index is -0.0497. The second-order valence-corrected chi connectivity index (χ2v) is 11.1. The number of fused-ring (bicyclic) bond motifs is 3. The first kappa shape index (κ1) is 17.7. The second-order valence-electron chi connectivity index (χ2n) is 10.2. The van der Waals surface area contributed by atoms with Gasteiger partial charge in [0.05, 0.1) is 6.10 Å². The Balaban J connectivity index is 1.70. The molecule has 2 nitrogen and oxygen atoms in total. The maximum atomic E-state index is 11.4. The Morgan fingerprint density at radius 3 is 2.54 bits per heavy atom. The number of aliphatic hydroxyl groups excluding tert-OH is 1. The summed E-state index contributed by atoms with van der Waals surface area (Å²) in [5.41, 5.74) is 7.25. The summed E-state index contributed by atoms with van der Waals surface area (Å²) in [6.07, 6.45) is 12.8. The van der Waals surface area contributed by atoms with Gasteiger partial charge in [0.15, 0.2) is 0 Å². The second kappa shape index (κ2) is 5.89. The van der Waals surface area contributed by atoms with Gasteiger partial charge in [-0.15, -0.1) is 0 Å². The molecule has 0 amide bonds. The Morgan fingerprint density at radius 2 is 1.83 bits per heavy atom. The molecule has 5 aliphatic rings. The van der Waals surface area contributed by atoms with Crippen molar-refractivity contribution in [1.29, 1.82) is 0 Å². The van der Waals surface area contributed by atoms with Crippen molar-refractivity contribution in [2.75, 3.05) is 18.6 Å². The minimum absolute atomic E-state index is 0.0497. The van der Waals surface area contributed by atoms with E-state index in [4.69, 9.17) is 5.73 Å². The number of rotatable bonds is 3. The van der Waals surface area contributed by atoms with Crippen molar-refractivity contribution in [1.82, 2.24) is 0 Å². The lowest BCUT2D eigenvalue weighted by Crippen LogP contribution is -2.67. The average Bonchev–Trinajstić information content (AvgIpc) is 2.58. The van der Waals surface area contributed by atoms with Crippen LogP contribution in [0.25, 0.3) is 0 Å². The fourth-order valence-electron chi connectivity index (χ4n) is 8.27. The third-order valence-electron chi connectivity index (χ3n) is 9.43. The van der Waals surface area contributed by atoms with Crippen LogP contribution in [0.3, 0.4) is 0 Å². The average molecular weight is 352 g/mol. The normalized spacial score (nSPS) is 56.6. The summed E-state index contributed by atoms with van der Waals surface area (Å²) in [5.74, 6) is 3.98. The highest BCUT2D eigenvalue weighted by Gasteiger charge is 2.67. The van der Waals surface area contributed by atoms with Gasteiger partial charge in [0, 0.05) is 0 Å². The monoisotopic (exact) mass is 351 g/mol. The Labute approximate surface area is 152 Å². The molecule has 1 spiro atoms. The third kappa shape index (κ3) is 2.16. The molecule has 0 unspecified atom stereocenters. The molecule has 0 saturated heterocycles. The highest BCUT2D eigenvalue weighted by Crippen LogP contribution is 2.72. The van der Waals surface area contributed by atoms with E-state index < -0.39 is 0 Å². The molecule has 5 rings (SSSR count). The first-order valence-corrected chi connectivity index (χ1v) is 11.7. The van der Waals surface area contributed by atoms with Gasteiger partial charge in [-0.3, -0.25) is 0 Å². The van der Waals surface area contributed by atoms with E-state index in [-0.39, 0.29) is 11.5 Å². The van der Waals surface area contributed by atoms with Crippen LogP contribution in [0.1, 0.15) is 65.2 Å². The number of thioether (sulfide) groups is 1. The van der Waals surface area contributed by atoms with Gasteiger partial charge in [0.1, 0.15) is 0 Å². The lowest BCUT2D eigenvalue weighted by molar-refractivity contribution is -0.239. The van der Waals surface area contributed by atoms with Crippen LogP contribution in [0.5, 0.6) is 0 Å². The lowest BCUT2D eigenvalue weighted by Gasteiger charge is -2.70. The molecule has 138 valence electrons. The molecule has 5 fully saturated rings. The summed E-state index contributed by atoms with van der Waals surface area (Å²) in [6.45, 7) is 5.89. The van der Waals surface area contributed by atoms with Gasteiger partial charge >= 0.3 is 0 Å². The van der Waals surface area contributed by atoms with Gasteiger partial charge in [-0.05, 0) is 103 Å². The van der Waals surface area contributed by atoms with Crippen LogP contribution < -0.4 is 5.73 Å². The van der Waals surface area contributed by atoms with E-state index in [0.29, 0.717) is 16.7 Å². The molecular weight excluding hydrogens is 314 g/mol. The zero-order valence-electron chi connectivity index (χ0n) is 15.9. The van der Waals surface area contributed by atoms with E-state index in [1.165, 1.54) is 51.4 Å². The minimum Gasteiger partial charge on any atom is -0.392 e. The molecular formula is C21H37NOS. The van der Waals surface area contributed by atoms with Crippen LogP contribution in [0.15, 0.2) is 0 Å². The van der Waals surface area contributed by atoms with Gasteiger partial charge in [0.2, 0.25) is 0 Å². The van der Waals surface area contributed by atoms with Gasteiger partial charge < -0.3 is 10.8 Å². The predicted octanol–water partition coefficient (Wildman–Crippen LogP) is 4.31. The molecule has 0 aromatic carbocycles. The topological polar surface area (TPSA) is 46.2 Å². The summed E-state index contributed by atoms with van der Waals surface area (Å²) in [4.78, 5) is 0. The summed E-state index contributed by atoms with van der Waals surface area (Å²) in [6, 6.07) is 0. The van der Waals surface area contributed by atoms with Crippen molar-refractivity contribution >= 4 is 11.8 Å². The first-order valence-electron chi connectivity index (χ1n) is 10.3. The maximum absolute atomic E-state index is 11.4. The van der Waals surface area contributed by atoms with Crippen molar-refractivity contribution in [3.05, 3.63) is 0 Å². The maximum Gasteiger partial charge on any atom is 0.0637 e. The van der Waals surface area contributed by atoms with Crippen molar-refractivity contribution in [3.8, 4) is 0 Å². The van der Waals surface area contributed by atoms with Crippen LogP contribution in [0.2, 0.25) is 0 Å². The van der Waals surface area contributed by atoms with E-state index in [9.17, 15) is 5.11 Å². The fourth-order valence-corrected chi connectivity index (χ4v) is 9.11. The SMILES string of the molecule is CSC[C@H]1[C@@H]2CC[C@@]3(CC[C@@H]4[C@](C)(CN)CCC[C@@]4(C)[C@@H]3C2)[C@@H]1O. The van der Waals surface area contributed by atoms with Gasteiger partial charge in [-0.2, -0.15) is 11.8 Å². The fraction of sp³-hybridized carbons (Fsp3) is 1.00. The Morgan fingerprint density at radius 1 is 1.08 bits per heavy atom. The molecule has 0 radical (unpaired) electrons. The van der Waals surface area contributed by atoms with E-state index in [1.54, 1.807) is 0 Å². The summed E-state index contributed by atoms with van der Waals surface area (Å²) in [7, 11) is 0. The smallest absolute Gasteiger partial charge is 0.0637 e. The Hall–Kier alpha value is 0.270. The summed E-state index contributed by atoms with van der Waals surface area (Å²) >= 11 is 1.94. The van der Waals surface area contributed by atoms with Crippen molar-refractivity contribution < 1.29 is 5.11 Å². The van der Waals surface area contributed by atoms with Crippen LogP contribution in [-0.4, -0.2) is 29.8 Å². The van der Waals surface area contributed by atoms with E-state index >= 15 is 0 Å². The van der Waals surface area contributed by atoms with E-state index in [0.717, 1.165) is 30.1 Å². The molecule has 5 saturated carbocycles. The van der Waals surface area contributed by atoms with E-state index in [1.807, 2.05) is 11.8 Å². The highest BCUT2D eigenvalue weighted by molar-refractivity contribution is 7.98. The quantitative estimate of drug-likeness (QED) is 0.796. The van der Waals surface area contributed by atoms with Crippen molar-refractivity contribution in [2.45, 2.75) is 71.3 Å². The molecule has 5 aliphatic carbocycles. The van der Waals surface area contributed by atoms with Gasteiger partial charge in [-0.1, -0.05) is 20.3 Å². The highest BCUT2D eigenvalue weighted by atomic mass is 32.2. The zero-order valence-corrected chi connectivity index (χ0v) is 16.7. The number of aliphatic hydroxyl groups is 1. The predicted molar refractivity (Wildman–Crippen MR) is 103 cm³/mol. The van der Waals surface area contributed by atoms with Crippen molar-refractivity contribution in [3.63, 3.8) is 0 Å². The van der Waals surface area contributed by atoms with Crippen LogP contribution in [0, 0.1) is 39.9 Å². The molecule has 24 heavy (non-hydrogen) atoms. The largest absolute Gasteiger partial charge is 0.392 e. The number of hydrogen-bond acceptors (Lipinski definition) is 3. The molecule has 8 atom stereocenters. The first-order chi connectivity index (χ1) is 11.4. The van der Waals surface area contributed by atoms with Crippen molar-refractivity contribution in [2.24, 2.45) is 45.7 Å². The van der Waals surface area contributed by atoms with Crippen LogP contribution >= 0.6 is 11.8 Å². The molecule has 2 bridgehead atoms. The lowest BCUT2D eigenvalue weighted by atomic mass is 9.35. The zero-order chi connectivity index (χ0) is 17.2. The Bertz CT molecular complexity index is 498. The molecule has 0 aromatic rings. The Kier molecular flexibility index (Phi) is 4.34. The van der Waals surface area contributed by atoms with Crippen LogP contribution in [0.4, 0.5) is 0 Å². The number of nitrogens with two attached hydrogens (primary N) is 1. The molecule has 0 heterocycles.